The van der Waals surface area contributed by atoms with E-state index in [1.54, 1.807) is 24.3 Å². The molecule has 1 aromatic heterocycles. The van der Waals surface area contributed by atoms with E-state index in [0.29, 0.717) is 24.3 Å². The maximum Gasteiger partial charge on any atom is 0.326 e. The lowest BCUT2D eigenvalue weighted by molar-refractivity contribution is -0.137. The quantitative estimate of drug-likeness (QED) is 0.401. The lowest BCUT2D eigenvalue weighted by atomic mass is 10.0. The highest BCUT2D eigenvalue weighted by molar-refractivity contribution is 6.40. The van der Waals surface area contributed by atoms with Gasteiger partial charge in [-0.05, 0) is 30.5 Å². The molecule has 1 amide bonds. The van der Waals surface area contributed by atoms with Crippen LogP contribution in [0.15, 0.2) is 46.2 Å². The minimum absolute atomic E-state index is 0.0593. The smallest absolute Gasteiger partial charge is 0.326 e. The summed E-state index contributed by atoms with van der Waals surface area (Å²) < 4.78 is 0. The maximum absolute atomic E-state index is 12.5. The predicted octanol–water partition coefficient (Wildman–Crippen LogP) is 2.94. The monoisotopic (exact) mass is 502 g/mol. The predicted molar refractivity (Wildman–Crippen MR) is 130 cm³/mol. The van der Waals surface area contributed by atoms with Gasteiger partial charge in [0.2, 0.25) is 0 Å². The second-order valence-electron chi connectivity index (χ2n) is 7.94. The van der Waals surface area contributed by atoms with Gasteiger partial charge in [-0.25, -0.2) is 4.79 Å². The van der Waals surface area contributed by atoms with E-state index >= 15 is 0 Å². The molecule has 0 aliphatic carbocycles. The average molecular weight is 503 g/mol. The molecule has 9 nitrogen and oxygen atoms in total. The van der Waals surface area contributed by atoms with Gasteiger partial charge in [0.05, 0.1) is 15.6 Å². The van der Waals surface area contributed by atoms with Crippen LogP contribution in [0.4, 0.5) is 17.1 Å². The third-order valence-electron chi connectivity index (χ3n) is 5.66. The topological polar surface area (TPSA) is 129 Å². The van der Waals surface area contributed by atoms with Gasteiger partial charge in [0, 0.05) is 37.6 Å². The molecular formula is C23H20Cl2N4O5. The van der Waals surface area contributed by atoms with Gasteiger partial charge >= 0.3 is 5.97 Å². The summed E-state index contributed by atoms with van der Waals surface area (Å²) in [6.07, 6.45) is 4.53. The summed E-state index contributed by atoms with van der Waals surface area (Å²) in [5.41, 5.74) is 0.271. The third kappa shape index (κ3) is 4.76. The van der Waals surface area contributed by atoms with Gasteiger partial charge in [-0.15, -0.1) is 0 Å². The Hall–Kier alpha value is -3.43. The number of halogens is 2. The summed E-state index contributed by atoms with van der Waals surface area (Å²) in [5, 5.41) is 15.3. The van der Waals surface area contributed by atoms with Crippen molar-refractivity contribution in [3.63, 3.8) is 0 Å². The molecule has 1 aliphatic rings. The number of rotatable bonds is 8. The number of carboxylic acids is 1. The van der Waals surface area contributed by atoms with Gasteiger partial charge < -0.3 is 20.6 Å². The molecule has 0 unspecified atom stereocenters. The summed E-state index contributed by atoms with van der Waals surface area (Å²) in [5.74, 6) is -1.66. The fourth-order valence-corrected chi connectivity index (χ4v) is 4.45. The highest BCUT2D eigenvalue weighted by Gasteiger charge is 2.30. The van der Waals surface area contributed by atoms with Gasteiger partial charge in [0.25, 0.3) is 16.8 Å². The average Bonchev–Trinajstić information content (AvgIpc) is 3.32. The second-order valence-corrected chi connectivity index (χ2v) is 8.76. The molecule has 11 heteroatoms. The molecule has 1 fully saturated rings. The van der Waals surface area contributed by atoms with Crippen molar-refractivity contribution in [3.8, 4) is 0 Å². The molecule has 4 rings (SSSR count). The van der Waals surface area contributed by atoms with Gasteiger partial charge in [-0.1, -0.05) is 35.3 Å². The number of aromatic nitrogens is 1. The van der Waals surface area contributed by atoms with Crippen molar-refractivity contribution >= 4 is 52.1 Å². The molecule has 0 saturated carbocycles. The summed E-state index contributed by atoms with van der Waals surface area (Å²) >= 11 is 12.0. The van der Waals surface area contributed by atoms with E-state index in [4.69, 9.17) is 23.2 Å². The normalized spacial score (nSPS) is 14.2. The lowest BCUT2D eigenvalue weighted by Crippen LogP contribution is -2.45. The molecule has 1 atom stereocenters. The Balaban J connectivity index is 1.45. The Morgan fingerprint density at radius 1 is 1.03 bits per heavy atom. The molecule has 2 heterocycles. The Kier molecular flexibility index (Phi) is 6.85. The fourth-order valence-electron chi connectivity index (χ4n) is 3.91. The summed E-state index contributed by atoms with van der Waals surface area (Å²) in [7, 11) is 0. The van der Waals surface area contributed by atoms with Crippen LogP contribution in [0, 0.1) is 0 Å². The van der Waals surface area contributed by atoms with Crippen molar-refractivity contribution in [1.29, 1.82) is 0 Å². The minimum Gasteiger partial charge on any atom is -0.480 e. The summed E-state index contributed by atoms with van der Waals surface area (Å²) in [6, 6.07) is 5.43. The SMILES string of the molecule is O=C(Nc1ccc(C[C@H](Nc2c(N3CCCC3)c(=O)c2=O)C(=O)O)cc1)c1c(Cl)cncc1Cl. The van der Waals surface area contributed by atoms with Crippen molar-refractivity contribution in [3.05, 3.63) is 78.3 Å². The number of carboxylic acid groups (broad SMARTS) is 1. The Morgan fingerprint density at radius 2 is 1.65 bits per heavy atom. The van der Waals surface area contributed by atoms with Crippen molar-refractivity contribution in [2.24, 2.45) is 0 Å². The van der Waals surface area contributed by atoms with Crippen LogP contribution in [0.2, 0.25) is 10.0 Å². The minimum atomic E-state index is -1.15. The van der Waals surface area contributed by atoms with E-state index in [0.717, 1.165) is 12.8 Å². The Bertz CT molecular complexity index is 1290. The molecule has 0 bridgehead atoms. The molecule has 34 heavy (non-hydrogen) atoms. The standard InChI is InChI=1S/C23H20Cl2N4O5/c24-14-10-26-11-15(25)17(14)22(32)27-13-5-3-12(4-6-13)9-16(23(33)34)28-18-19(21(31)20(18)30)29-7-1-2-8-29/h3-6,10-11,16,28H,1-2,7-9H2,(H,27,32)(H,33,34)/t16-/m0/s1. The van der Waals surface area contributed by atoms with Gasteiger partial charge in [0.15, 0.2) is 0 Å². The first kappa shape index (κ1) is 23.7. The third-order valence-corrected chi connectivity index (χ3v) is 6.23. The highest BCUT2D eigenvalue weighted by Crippen LogP contribution is 2.26. The van der Waals surface area contributed by atoms with E-state index in [1.807, 2.05) is 4.90 Å². The van der Waals surface area contributed by atoms with E-state index in [-0.39, 0.29) is 33.4 Å². The zero-order chi connectivity index (χ0) is 24.4. The largest absolute Gasteiger partial charge is 0.480 e. The van der Waals surface area contributed by atoms with E-state index in [9.17, 15) is 24.3 Å². The zero-order valence-corrected chi connectivity index (χ0v) is 19.3. The van der Waals surface area contributed by atoms with Crippen LogP contribution < -0.4 is 26.4 Å². The first-order valence-corrected chi connectivity index (χ1v) is 11.3. The molecule has 2 aromatic carbocycles. The lowest BCUT2D eigenvalue weighted by Gasteiger charge is -2.25. The van der Waals surface area contributed by atoms with Crippen LogP contribution >= 0.6 is 23.2 Å². The molecule has 0 radical (unpaired) electrons. The van der Waals surface area contributed by atoms with Crippen LogP contribution in [-0.2, 0) is 11.2 Å². The van der Waals surface area contributed by atoms with Crippen molar-refractivity contribution in [2.45, 2.75) is 25.3 Å². The number of aliphatic carboxylic acids is 1. The summed E-state index contributed by atoms with van der Waals surface area (Å²) in [6.45, 7) is 1.33. The van der Waals surface area contributed by atoms with E-state index < -0.39 is 28.8 Å². The van der Waals surface area contributed by atoms with Crippen LogP contribution in [0.3, 0.4) is 0 Å². The number of carbonyl (C=O) groups excluding carboxylic acids is 1. The Morgan fingerprint density at radius 3 is 2.24 bits per heavy atom. The second kappa shape index (κ2) is 9.82. The fraction of sp³-hybridized carbons (Fsp3) is 0.261. The van der Waals surface area contributed by atoms with Crippen LogP contribution in [0.25, 0.3) is 0 Å². The van der Waals surface area contributed by atoms with Crippen LogP contribution in [0.1, 0.15) is 28.8 Å². The molecular weight excluding hydrogens is 483 g/mol. The number of hydrogen-bond acceptors (Lipinski definition) is 7. The zero-order valence-electron chi connectivity index (χ0n) is 17.8. The highest BCUT2D eigenvalue weighted by atomic mass is 35.5. The number of pyridine rings is 1. The Labute approximate surface area is 204 Å². The number of nitrogens with one attached hydrogen (secondary N) is 2. The van der Waals surface area contributed by atoms with Gasteiger partial charge in [-0.3, -0.25) is 19.4 Å². The molecule has 1 aliphatic heterocycles. The first-order valence-electron chi connectivity index (χ1n) is 10.5. The molecule has 3 N–H and O–H groups in total. The van der Waals surface area contributed by atoms with Crippen molar-refractivity contribution in [1.82, 2.24) is 4.98 Å². The molecule has 176 valence electrons. The number of anilines is 3. The van der Waals surface area contributed by atoms with Gasteiger partial charge in [-0.2, -0.15) is 0 Å². The van der Waals surface area contributed by atoms with Crippen LogP contribution in [0.5, 0.6) is 0 Å². The number of carbonyl (C=O) groups is 2. The van der Waals surface area contributed by atoms with Crippen LogP contribution in [-0.4, -0.2) is 41.1 Å². The number of nitrogens with zero attached hydrogens (tertiary/aromatic N) is 2. The van der Waals surface area contributed by atoms with Gasteiger partial charge in [0.1, 0.15) is 17.4 Å². The maximum atomic E-state index is 12.5. The van der Waals surface area contributed by atoms with E-state index in [1.165, 1.54) is 12.4 Å². The number of amides is 1. The molecule has 3 aromatic rings. The molecule has 1 saturated heterocycles. The van der Waals surface area contributed by atoms with E-state index in [2.05, 4.69) is 15.6 Å². The number of hydrogen-bond donors (Lipinski definition) is 3. The first-order chi connectivity index (χ1) is 16.3. The van der Waals surface area contributed by atoms with Crippen molar-refractivity contribution < 1.29 is 14.7 Å². The van der Waals surface area contributed by atoms with Crippen molar-refractivity contribution in [2.75, 3.05) is 28.6 Å². The number of benzene rings is 1. The summed E-state index contributed by atoms with van der Waals surface area (Å²) in [4.78, 5) is 54.1. The molecule has 0 spiro atoms.